The number of ether oxygens (including phenoxy) is 1. The van der Waals surface area contributed by atoms with Gasteiger partial charge in [0.2, 0.25) is 10.0 Å². The summed E-state index contributed by atoms with van der Waals surface area (Å²) in [5, 5.41) is 18.3. The average molecular weight is 331 g/mol. The zero-order valence-electron chi connectivity index (χ0n) is 11.4. The van der Waals surface area contributed by atoms with Gasteiger partial charge in [0, 0.05) is 13.7 Å². The minimum absolute atomic E-state index is 0.00158. The highest BCUT2D eigenvalue weighted by Gasteiger charge is 2.40. The van der Waals surface area contributed by atoms with Crippen LogP contribution in [0.4, 0.5) is 0 Å². The second-order valence-corrected chi connectivity index (χ2v) is 7.06. The quantitative estimate of drug-likeness (QED) is 0.888. The highest BCUT2D eigenvalue weighted by molar-refractivity contribution is 7.89. The van der Waals surface area contributed by atoms with E-state index in [1.54, 1.807) is 0 Å². The van der Waals surface area contributed by atoms with Crippen molar-refractivity contribution in [1.82, 2.24) is 4.31 Å². The van der Waals surface area contributed by atoms with Gasteiger partial charge in [-0.1, -0.05) is 11.6 Å². The predicted molar refractivity (Wildman–Crippen MR) is 76.3 cm³/mol. The summed E-state index contributed by atoms with van der Waals surface area (Å²) in [5.41, 5.74) is 0.213. The molecule has 0 aromatic heterocycles. The van der Waals surface area contributed by atoms with E-state index in [9.17, 15) is 13.5 Å². The van der Waals surface area contributed by atoms with Gasteiger partial charge in [0.25, 0.3) is 0 Å². The van der Waals surface area contributed by atoms with Crippen molar-refractivity contribution in [1.29, 1.82) is 5.26 Å². The number of nitriles is 1. The van der Waals surface area contributed by atoms with Gasteiger partial charge in [0.1, 0.15) is 6.07 Å². The Hall–Kier alpha value is -1.17. The summed E-state index contributed by atoms with van der Waals surface area (Å²) in [5.74, 6) is 0. The fraction of sp³-hybridized carbons (Fsp3) is 0.462. The predicted octanol–water partition coefficient (Wildman–Crippen LogP) is 0.982. The van der Waals surface area contributed by atoms with Crippen LogP contribution >= 0.6 is 11.6 Å². The second-order valence-electron chi connectivity index (χ2n) is 4.76. The maximum atomic E-state index is 12.6. The van der Waals surface area contributed by atoms with Gasteiger partial charge < -0.3 is 9.84 Å². The molecule has 0 bridgehead atoms. The van der Waals surface area contributed by atoms with Gasteiger partial charge in [-0.25, -0.2) is 8.42 Å². The Balaban J connectivity index is 2.38. The number of sulfonamides is 1. The molecule has 1 aromatic rings. The zero-order valence-corrected chi connectivity index (χ0v) is 12.9. The first-order chi connectivity index (χ1) is 9.93. The minimum Gasteiger partial charge on any atom is -0.395 e. The summed E-state index contributed by atoms with van der Waals surface area (Å²) < 4.78 is 31.7. The van der Waals surface area contributed by atoms with Crippen LogP contribution in [-0.2, 0) is 14.8 Å². The van der Waals surface area contributed by atoms with Gasteiger partial charge in [0.05, 0.1) is 34.2 Å². The van der Waals surface area contributed by atoms with Crippen molar-refractivity contribution in [3.05, 3.63) is 28.8 Å². The number of benzene rings is 1. The molecule has 0 amide bonds. The number of hydrogen-bond acceptors (Lipinski definition) is 5. The monoisotopic (exact) mass is 330 g/mol. The van der Waals surface area contributed by atoms with Crippen molar-refractivity contribution >= 4 is 21.6 Å². The average Bonchev–Trinajstić information content (AvgIpc) is 2.91. The summed E-state index contributed by atoms with van der Waals surface area (Å²) in [6.07, 6.45) is 0.196. The Morgan fingerprint density at radius 2 is 2.29 bits per heavy atom. The number of methoxy groups -OCH3 is 1. The molecule has 2 rings (SSSR count). The van der Waals surface area contributed by atoms with Crippen molar-refractivity contribution in [2.75, 3.05) is 20.3 Å². The molecule has 1 aliphatic rings. The normalized spacial score (nSPS) is 23.1. The number of aliphatic hydroxyl groups excluding tert-OH is 1. The number of halogens is 1. The minimum atomic E-state index is -3.79. The lowest BCUT2D eigenvalue weighted by atomic mass is 10.2. The summed E-state index contributed by atoms with van der Waals surface area (Å²) in [6.45, 7) is -0.0925. The standard InChI is InChI=1S/C13H15ClN2O4S/c1-20-11-4-10(8-17)16(7-11)21(18,19)12-3-2-9(6-15)13(14)5-12/h2-3,5,10-11,17H,4,7-8H2,1H3/t10-,11+/m0/s1. The van der Waals surface area contributed by atoms with Crippen LogP contribution in [0.5, 0.6) is 0 Å². The van der Waals surface area contributed by atoms with Crippen LogP contribution in [0.25, 0.3) is 0 Å². The molecule has 0 unspecified atom stereocenters. The van der Waals surface area contributed by atoms with E-state index in [2.05, 4.69) is 0 Å². The molecule has 1 saturated heterocycles. The molecule has 1 aliphatic heterocycles. The lowest BCUT2D eigenvalue weighted by Crippen LogP contribution is -2.38. The topological polar surface area (TPSA) is 90.6 Å². The number of aliphatic hydroxyl groups is 1. The van der Waals surface area contributed by atoms with Crippen LogP contribution in [0, 0.1) is 11.3 Å². The molecule has 114 valence electrons. The van der Waals surface area contributed by atoms with E-state index < -0.39 is 16.1 Å². The van der Waals surface area contributed by atoms with Crippen molar-refractivity contribution in [2.45, 2.75) is 23.5 Å². The smallest absolute Gasteiger partial charge is 0.243 e. The Bertz CT molecular complexity index is 671. The van der Waals surface area contributed by atoms with E-state index in [1.807, 2.05) is 6.07 Å². The molecule has 1 heterocycles. The molecule has 6 nitrogen and oxygen atoms in total. The third-order valence-electron chi connectivity index (χ3n) is 3.54. The lowest BCUT2D eigenvalue weighted by molar-refractivity contribution is 0.113. The Morgan fingerprint density at radius 3 is 2.81 bits per heavy atom. The maximum absolute atomic E-state index is 12.6. The Morgan fingerprint density at radius 1 is 1.57 bits per heavy atom. The first-order valence-corrected chi connectivity index (χ1v) is 8.11. The van der Waals surface area contributed by atoms with E-state index in [0.717, 1.165) is 0 Å². The molecule has 8 heteroatoms. The molecule has 1 fully saturated rings. The molecular formula is C13H15ClN2O4S. The molecule has 1 N–H and O–H groups in total. The van der Waals surface area contributed by atoms with Gasteiger partial charge in [0.15, 0.2) is 0 Å². The zero-order chi connectivity index (χ0) is 15.6. The summed E-state index contributed by atoms with van der Waals surface area (Å²) in [4.78, 5) is 0.00158. The first-order valence-electron chi connectivity index (χ1n) is 6.29. The molecule has 21 heavy (non-hydrogen) atoms. The highest BCUT2D eigenvalue weighted by atomic mass is 35.5. The molecule has 2 atom stereocenters. The third-order valence-corrected chi connectivity index (χ3v) is 5.76. The van der Waals surface area contributed by atoms with E-state index in [0.29, 0.717) is 6.42 Å². The van der Waals surface area contributed by atoms with Crippen molar-refractivity contribution < 1.29 is 18.3 Å². The van der Waals surface area contributed by atoms with Crippen molar-refractivity contribution in [3.8, 4) is 6.07 Å². The van der Waals surface area contributed by atoms with E-state index in [1.165, 1.54) is 29.6 Å². The summed E-state index contributed by atoms with van der Waals surface area (Å²) >= 11 is 5.89. The van der Waals surface area contributed by atoms with E-state index in [4.69, 9.17) is 21.6 Å². The van der Waals surface area contributed by atoms with Crippen LogP contribution in [0.15, 0.2) is 23.1 Å². The van der Waals surface area contributed by atoms with Crippen molar-refractivity contribution in [3.63, 3.8) is 0 Å². The van der Waals surface area contributed by atoms with Gasteiger partial charge in [-0.2, -0.15) is 9.57 Å². The molecule has 0 spiro atoms. The van der Waals surface area contributed by atoms with E-state index >= 15 is 0 Å². The molecule has 0 aliphatic carbocycles. The van der Waals surface area contributed by atoms with Gasteiger partial charge in [-0.3, -0.25) is 0 Å². The summed E-state index contributed by atoms with van der Waals surface area (Å²) in [6, 6.07) is 5.32. The fourth-order valence-electron chi connectivity index (χ4n) is 2.36. The molecule has 0 radical (unpaired) electrons. The third kappa shape index (κ3) is 3.05. The largest absolute Gasteiger partial charge is 0.395 e. The number of nitrogens with zero attached hydrogens (tertiary/aromatic N) is 2. The van der Waals surface area contributed by atoms with Gasteiger partial charge in [-0.05, 0) is 24.6 Å². The molecule has 1 aromatic carbocycles. The van der Waals surface area contributed by atoms with Crippen LogP contribution in [0.2, 0.25) is 5.02 Å². The molecule has 0 saturated carbocycles. The first kappa shape index (κ1) is 16.2. The van der Waals surface area contributed by atoms with Crippen LogP contribution in [0.3, 0.4) is 0 Å². The number of rotatable bonds is 4. The SMILES string of the molecule is CO[C@@H]1C[C@@H](CO)N(S(=O)(=O)c2ccc(C#N)c(Cl)c2)C1. The van der Waals surface area contributed by atoms with E-state index in [-0.39, 0.29) is 34.7 Å². The lowest BCUT2D eigenvalue weighted by Gasteiger charge is -2.22. The van der Waals surface area contributed by atoms with Crippen LogP contribution in [0.1, 0.15) is 12.0 Å². The van der Waals surface area contributed by atoms with Crippen LogP contribution in [-0.4, -0.2) is 50.2 Å². The van der Waals surface area contributed by atoms with Gasteiger partial charge >= 0.3 is 0 Å². The Labute approximate surface area is 128 Å². The summed E-state index contributed by atoms with van der Waals surface area (Å²) in [7, 11) is -2.28. The number of hydrogen-bond donors (Lipinski definition) is 1. The Kier molecular flexibility index (Phi) is 4.86. The van der Waals surface area contributed by atoms with Crippen molar-refractivity contribution in [2.24, 2.45) is 0 Å². The highest BCUT2D eigenvalue weighted by Crippen LogP contribution is 2.29. The van der Waals surface area contributed by atoms with Gasteiger partial charge in [-0.15, -0.1) is 0 Å². The second kappa shape index (κ2) is 6.30. The molecular weight excluding hydrogens is 316 g/mol. The fourth-order valence-corrected chi connectivity index (χ4v) is 4.33. The van der Waals surface area contributed by atoms with Crippen LogP contribution < -0.4 is 0 Å². The maximum Gasteiger partial charge on any atom is 0.243 e.